The van der Waals surface area contributed by atoms with Gasteiger partial charge in [-0.15, -0.1) is 0 Å². The fourth-order valence-corrected chi connectivity index (χ4v) is 1.30. The van der Waals surface area contributed by atoms with E-state index in [2.05, 4.69) is 5.32 Å². The summed E-state index contributed by atoms with van der Waals surface area (Å²) in [5.74, 6) is 1.81. The van der Waals surface area contributed by atoms with E-state index in [-0.39, 0.29) is 11.3 Å². The van der Waals surface area contributed by atoms with Crippen molar-refractivity contribution in [2.45, 2.75) is 41.2 Å². The number of aryl methyl sites for hydroxylation is 2. The molecule has 15 heavy (non-hydrogen) atoms. The van der Waals surface area contributed by atoms with E-state index in [4.69, 9.17) is 4.42 Å². The summed E-state index contributed by atoms with van der Waals surface area (Å²) in [6.45, 7) is 10.0. The summed E-state index contributed by atoms with van der Waals surface area (Å²) in [5, 5.41) is 2.89. The van der Waals surface area contributed by atoms with Crippen LogP contribution in [0.1, 0.15) is 37.9 Å². The summed E-state index contributed by atoms with van der Waals surface area (Å²) in [6.07, 6.45) is 0. The molecular formula is C12H19NO2. The van der Waals surface area contributed by atoms with Crippen LogP contribution >= 0.6 is 0 Å². The van der Waals surface area contributed by atoms with Crippen molar-refractivity contribution in [2.75, 3.05) is 0 Å². The van der Waals surface area contributed by atoms with Crippen LogP contribution in [-0.4, -0.2) is 5.91 Å². The van der Waals surface area contributed by atoms with Crippen LogP contribution in [0, 0.1) is 19.3 Å². The highest BCUT2D eigenvalue weighted by Gasteiger charge is 2.20. The van der Waals surface area contributed by atoms with Gasteiger partial charge in [0.25, 0.3) is 0 Å². The molecule has 1 N–H and O–H groups in total. The summed E-state index contributed by atoms with van der Waals surface area (Å²) >= 11 is 0. The zero-order chi connectivity index (χ0) is 11.6. The maximum absolute atomic E-state index is 11.6. The highest BCUT2D eigenvalue weighted by Crippen LogP contribution is 2.16. The second-order valence-electron chi connectivity index (χ2n) is 4.87. The van der Waals surface area contributed by atoms with Crippen LogP contribution < -0.4 is 5.32 Å². The molecule has 0 saturated heterocycles. The minimum absolute atomic E-state index is 0.0563. The van der Waals surface area contributed by atoms with Gasteiger partial charge in [0.2, 0.25) is 5.91 Å². The maximum Gasteiger partial charge on any atom is 0.225 e. The topological polar surface area (TPSA) is 42.2 Å². The third-order valence-corrected chi connectivity index (χ3v) is 2.26. The molecule has 0 atom stereocenters. The van der Waals surface area contributed by atoms with Gasteiger partial charge < -0.3 is 9.73 Å². The van der Waals surface area contributed by atoms with E-state index in [0.29, 0.717) is 6.54 Å². The molecule has 1 rings (SSSR count). The first-order chi connectivity index (χ1) is 6.80. The van der Waals surface area contributed by atoms with Gasteiger partial charge in [0.05, 0.1) is 0 Å². The molecule has 0 bridgehead atoms. The fraction of sp³-hybridized carbons (Fsp3) is 0.583. The first-order valence-electron chi connectivity index (χ1n) is 5.15. The molecule has 0 aliphatic rings. The quantitative estimate of drug-likeness (QED) is 0.813. The molecule has 0 aromatic carbocycles. The molecule has 0 radical (unpaired) electrons. The molecule has 0 aliphatic heterocycles. The number of hydrogen-bond donors (Lipinski definition) is 1. The van der Waals surface area contributed by atoms with Gasteiger partial charge in [-0.1, -0.05) is 20.8 Å². The number of hydrogen-bond acceptors (Lipinski definition) is 2. The molecule has 3 heteroatoms. The highest BCUT2D eigenvalue weighted by molar-refractivity contribution is 5.81. The first kappa shape index (κ1) is 11.8. The van der Waals surface area contributed by atoms with E-state index in [9.17, 15) is 4.79 Å². The molecular weight excluding hydrogens is 190 g/mol. The highest BCUT2D eigenvalue weighted by atomic mass is 16.3. The van der Waals surface area contributed by atoms with Crippen molar-refractivity contribution in [3.8, 4) is 0 Å². The van der Waals surface area contributed by atoms with Gasteiger partial charge in [0.1, 0.15) is 11.5 Å². The monoisotopic (exact) mass is 209 g/mol. The Hall–Kier alpha value is -1.25. The van der Waals surface area contributed by atoms with Crippen LogP contribution in [-0.2, 0) is 11.3 Å². The Morgan fingerprint density at radius 1 is 1.40 bits per heavy atom. The van der Waals surface area contributed by atoms with E-state index in [1.807, 2.05) is 40.7 Å². The van der Waals surface area contributed by atoms with Crippen LogP contribution in [0.25, 0.3) is 0 Å². The lowest BCUT2D eigenvalue weighted by atomic mass is 9.95. The second kappa shape index (κ2) is 4.09. The number of amides is 1. The van der Waals surface area contributed by atoms with Crippen molar-refractivity contribution in [1.82, 2.24) is 5.32 Å². The van der Waals surface area contributed by atoms with Gasteiger partial charge in [0.15, 0.2) is 0 Å². The van der Waals surface area contributed by atoms with Crippen molar-refractivity contribution < 1.29 is 9.21 Å². The van der Waals surface area contributed by atoms with Gasteiger partial charge >= 0.3 is 0 Å². The van der Waals surface area contributed by atoms with E-state index < -0.39 is 0 Å². The van der Waals surface area contributed by atoms with E-state index >= 15 is 0 Å². The molecule has 3 nitrogen and oxygen atoms in total. The molecule has 84 valence electrons. The largest absolute Gasteiger partial charge is 0.466 e. The third kappa shape index (κ3) is 3.11. The lowest BCUT2D eigenvalue weighted by molar-refractivity contribution is -0.128. The number of furan rings is 1. The Morgan fingerprint density at radius 2 is 2.00 bits per heavy atom. The van der Waals surface area contributed by atoms with Crippen LogP contribution in [0.2, 0.25) is 0 Å². The number of nitrogens with one attached hydrogen (secondary N) is 1. The summed E-state index contributed by atoms with van der Waals surface area (Å²) in [4.78, 5) is 11.6. The van der Waals surface area contributed by atoms with Crippen LogP contribution in [0.15, 0.2) is 10.5 Å². The molecule has 0 spiro atoms. The summed E-state index contributed by atoms with van der Waals surface area (Å²) in [7, 11) is 0. The Bertz CT molecular complexity index is 358. The molecule has 1 amide bonds. The fourth-order valence-electron chi connectivity index (χ4n) is 1.30. The average Bonchev–Trinajstić information content (AvgIpc) is 2.39. The number of rotatable bonds is 2. The lowest BCUT2D eigenvalue weighted by Gasteiger charge is -2.17. The molecule has 1 aromatic heterocycles. The van der Waals surface area contributed by atoms with E-state index in [1.54, 1.807) is 0 Å². The average molecular weight is 209 g/mol. The smallest absolute Gasteiger partial charge is 0.225 e. The standard InChI is InChI=1S/C12H19NO2/c1-8-6-10(9(2)15-8)7-13-11(14)12(3,4)5/h6H,7H2,1-5H3,(H,13,14). The molecule has 0 aliphatic carbocycles. The lowest BCUT2D eigenvalue weighted by Crippen LogP contribution is -2.34. The normalized spacial score (nSPS) is 11.5. The van der Waals surface area contributed by atoms with Crippen molar-refractivity contribution in [2.24, 2.45) is 5.41 Å². The summed E-state index contributed by atoms with van der Waals surface area (Å²) in [5.41, 5.74) is 0.706. The predicted molar refractivity (Wildman–Crippen MR) is 59.5 cm³/mol. The van der Waals surface area contributed by atoms with Gasteiger partial charge in [-0.05, 0) is 19.9 Å². The van der Waals surface area contributed by atoms with E-state index in [0.717, 1.165) is 17.1 Å². The van der Waals surface area contributed by atoms with Crippen LogP contribution in [0.4, 0.5) is 0 Å². The number of carbonyl (C=O) groups is 1. The van der Waals surface area contributed by atoms with Crippen molar-refractivity contribution >= 4 is 5.91 Å². The SMILES string of the molecule is Cc1cc(CNC(=O)C(C)(C)C)c(C)o1. The Balaban J connectivity index is 2.58. The van der Waals surface area contributed by atoms with Crippen LogP contribution in [0.5, 0.6) is 0 Å². The zero-order valence-electron chi connectivity index (χ0n) is 10.1. The Morgan fingerprint density at radius 3 is 2.40 bits per heavy atom. The summed E-state index contributed by atoms with van der Waals surface area (Å²) in [6, 6.07) is 1.96. The summed E-state index contributed by atoms with van der Waals surface area (Å²) < 4.78 is 5.38. The first-order valence-corrected chi connectivity index (χ1v) is 5.15. The third-order valence-electron chi connectivity index (χ3n) is 2.26. The van der Waals surface area contributed by atoms with Gasteiger partial charge in [-0.3, -0.25) is 4.79 Å². The van der Waals surface area contributed by atoms with Crippen molar-refractivity contribution in [3.05, 3.63) is 23.2 Å². The zero-order valence-corrected chi connectivity index (χ0v) is 10.1. The van der Waals surface area contributed by atoms with Gasteiger partial charge in [0, 0.05) is 17.5 Å². The molecule has 1 heterocycles. The predicted octanol–water partition coefficient (Wildman–Crippen LogP) is 2.56. The van der Waals surface area contributed by atoms with Crippen molar-refractivity contribution in [3.63, 3.8) is 0 Å². The Kier molecular flexibility index (Phi) is 3.22. The van der Waals surface area contributed by atoms with Gasteiger partial charge in [-0.2, -0.15) is 0 Å². The second-order valence-corrected chi connectivity index (χ2v) is 4.87. The molecule has 1 aromatic rings. The van der Waals surface area contributed by atoms with Crippen LogP contribution in [0.3, 0.4) is 0 Å². The Labute approximate surface area is 90.9 Å². The minimum atomic E-state index is -0.341. The maximum atomic E-state index is 11.6. The van der Waals surface area contributed by atoms with E-state index in [1.165, 1.54) is 0 Å². The minimum Gasteiger partial charge on any atom is -0.466 e. The molecule has 0 unspecified atom stereocenters. The molecule has 0 saturated carbocycles. The number of carbonyl (C=O) groups excluding carboxylic acids is 1. The van der Waals surface area contributed by atoms with Crippen molar-refractivity contribution in [1.29, 1.82) is 0 Å². The van der Waals surface area contributed by atoms with Gasteiger partial charge in [-0.25, -0.2) is 0 Å². The molecule has 0 fully saturated rings.